The van der Waals surface area contributed by atoms with Gasteiger partial charge in [0.25, 0.3) is 0 Å². The van der Waals surface area contributed by atoms with Crippen LogP contribution in [0.15, 0.2) is 18.2 Å². The lowest BCUT2D eigenvalue weighted by molar-refractivity contribution is 0.153. The molecule has 0 unspecified atom stereocenters. The zero-order valence-corrected chi connectivity index (χ0v) is 16.4. The standard InChI is InChI=1S/C21H36N2O/c1-6-16-24-20-10-9-19(21(2,3)4)17-18(20)8-7-11-23-14-12-22(5)13-15-23/h9-10,17H,6-8,11-16H2,1-5H3. The molecule has 1 aromatic carbocycles. The Bertz CT molecular complexity index is 499. The van der Waals surface area contributed by atoms with E-state index in [2.05, 4.69) is 62.7 Å². The van der Waals surface area contributed by atoms with Gasteiger partial charge in [-0.25, -0.2) is 0 Å². The molecule has 1 heterocycles. The van der Waals surface area contributed by atoms with Crippen molar-refractivity contribution >= 4 is 0 Å². The summed E-state index contributed by atoms with van der Waals surface area (Å²) in [6.07, 6.45) is 3.37. The van der Waals surface area contributed by atoms with Crippen molar-refractivity contribution in [2.45, 2.75) is 52.4 Å². The van der Waals surface area contributed by atoms with E-state index in [9.17, 15) is 0 Å². The summed E-state index contributed by atoms with van der Waals surface area (Å²) in [7, 11) is 2.21. The van der Waals surface area contributed by atoms with E-state index in [1.165, 1.54) is 50.3 Å². The number of likely N-dealkylation sites (N-methyl/N-ethyl adjacent to an activating group) is 1. The molecule has 1 aliphatic rings. The van der Waals surface area contributed by atoms with Crippen molar-refractivity contribution in [1.82, 2.24) is 9.80 Å². The van der Waals surface area contributed by atoms with Crippen LogP contribution in [-0.2, 0) is 11.8 Å². The maximum atomic E-state index is 5.99. The van der Waals surface area contributed by atoms with Crippen LogP contribution in [-0.4, -0.2) is 56.2 Å². The molecule has 0 amide bonds. The van der Waals surface area contributed by atoms with E-state index >= 15 is 0 Å². The molecular weight excluding hydrogens is 296 g/mol. The lowest BCUT2D eigenvalue weighted by atomic mass is 9.85. The van der Waals surface area contributed by atoms with Crippen molar-refractivity contribution in [2.24, 2.45) is 0 Å². The first-order valence-electron chi connectivity index (χ1n) is 9.57. The Hall–Kier alpha value is -1.06. The molecule has 0 aliphatic carbocycles. The highest BCUT2D eigenvalue weighted by Gasteiger charge is 2.17. The second kappa shape index (κ2) is 8.87. The lowest BCUT2D eigenvalue weighted by Gasteiger charge is -2.32. The first-order valence-corrected chi connectivity index (χ1v) is 9.57. The fourth-order valence-corrected chi connectivity index (χ4v) is 3.16. The highest BCUT2D eigenvalue weighted by molar-refractivity contribution is 5.39. The second-order valence-electron chi connectivity index (χ2n) is 8.17. The molecule has 0 N–H and O–H groups in total. The Morgan fingerprint density at radius 3 is 2.42 bits per heavy atom. The number of piperazine rings is 1. The van der Waals surface area contributed by atoms with Gasteiger partial charge >= 0.3 is 0 Å². The van der Waals surface area contributed by atoms with E-state index in [-0.39, 0.29) is 5.41 Å². The minimum absolute atomic E-state index is 0.190. The fraction of sp³-hybridized carbons (Fsp3) is 0.714. The maximum Gasteiger partial charge on any atom is 0.122 e. The molecule has 0 aromatic heterocycles. The van der Waals surface area contributed by atoms with Crippen LogP contribution in [0.25, 0.3) is 0 Å². The molecule has 2 rings (SSSR count). The predicted molar refractivity (Wildman–Crippen MR) is 103 cm³/mol. The van der Waals surface area contributed by atoms with E-state index in [4.69, 9.17) is 4.74 Å². The van der Waals surface area contributed by atoms with Crippen LogP contribution in [0.1, 0.15) is 51.7 Å². The van der Waals surface area contributed by atoms with E-state index in [1.807, 2.05) is 0 Å². The van der Waals surface area contributed by atoms with Crippen LogP contribution in [0.4, 0.5) is 0 Å². The number of nitrogens with zero attached hydrogens (tertiary/aromatic N) is 2. The van der Waals surface area contributed by atoms with Crippen LogP contribution >= 0.6 is 0 Å². The topological polar surface area (TPSA) is 15.7 Å². The van der Waals surface area contributed by atoms with Gasteiger partial charge in [0.1, 0.15) is 5.75 Å². The summed E-state index contributed by atoms with van der Waals surface area (Å²) in [5.41, 5.74) is 2.97. The number of rotatable bonds is 7. The Kier molecular flexibility index (Phi) is 7.12. The number of benzene rings is 1. The quantitative estimate of drug-likeness (QED) is 0.752. The molecular formula is C21H36N2O. The van der Waals surface area contributed by atoms with Gasteiger partial charge in [-0.2, -0.15) is 0 Å². The average molecular weight is 333 g/mol. The summed E-state index contributed by atoms with van der Waals surface area (Å²) < 4.78 is 5.99. The second-order valence-corrected chi connectivity index (χ2v) is 8.17. The van der Waals surface area contributed by atoms with Crippen molar-refractivity contribution < 1.29 is 4.74 Å². The SMILES string of the molecule is CCCOc1ccc(C(C)(C)C)cc1CCCN1CCN(C)CC1. The number of aryl methyl sites for hydroxylation is 1. The van der Waals surface area contributed by atoms with Gasteiger partial charge in [-0.1, -0.05) is 39.8 Å². The highest BCUT2D eigenvalue weighted by atomic mass is 16.5. The molecule has 24 heavy (non-hydrogen) atoms. The third-order valence-corrected chi connectivity index (χ3v) is 4.90. The lowest BCUT2D eigenvalue weighted by Crippen LogP contribution is -2.44. The summed E-state index contributed by atoms with van der Waals surface area (Å²) >= 11 is 0. The molecule has 136 valence electrons. The Labute approximate surface area is 149 Å². The summed E-state index contributed by atoms with van der Waals surface area (Å²) in [6, 6.07) is 6.78. The van der Waals surface area contributed by atoms with E-state index in [1.54, 1.807) is 0 Å². The molecule has 0 bridgehead atoms. The summed E-state index contributed by atoms with van der Waals surface area (Å²) in [5.74, 6) is 1.09. The number of hydrogen-bond acceptors (Lipinski definition) is 3. The summed E-state index contributed by atoms with van der Waals surface area (Å²) in [6.45, 7) is 15.8. The third kappa shape index (κ3) is 5.78. The van der Waals surface area contributed by atoms with Gasteiger partial charge in [0.2, 0.25) is 0 Å². The molecule has 3 nitrogen and oxygen atoms in total. The van der Waals surface area contributed by atoms with E-state index in [0.29, 0.717) is 0 Å². The Balaban J connectivity index is 1.97. The molecule has 0 saturated carbocycles. The molecule has 0 atom stereocenters. The van der Waals surface area contributed by atoms with Crippen LogP contribution in [0.3, 0.4) is 0 Å². The molecule has 1 aromatic rings. The normalized spacial score (nSPS) is 17.2. The molecule has 0 spiro atoms. The van der Waals surface area contributed by atoms with Crippen LogP contribution in [0.2, 0.25) is 0 Å². The minimum Gasteiger partial charge on any atom is -0.493 e. The monoisotopic (exact) mass is 332 g/mol. The van der Waals surface area contributed by atoms with Gasteiger partial charge in [0.05, 0.1) is 6.61 Å². The van der Waals surface area contributed by atoms with E-state index in [0.717, 1.165) is 25.2 Å². The van der Waals surface area contributed by atoms with Crippen molar-refractivity contribution in [2.75, 3.05) is 46.4 Å². The van der Waals surface area contributed by atoms with Gasteiger partial charge < -0.3 is 14.5 Å². The average Bonchev–Trinajstić information content (AvgIpc) is 2.54. The van der Waals surface area contributed by atoms with Gasteiger partial charge in [0.15, 0.2) is 0 Å². The Morgan fingerprint density at radius 2 is 1.79 bits per heavy atom. The number of ether oxygens (including phenoxy) is 1. The van der Waals surface area contributed by atoms with Gasteiger partial charge in [-0.15, -0.1) is 0 Å². The van der Waals surface area contributed by atoms with Gasteiger partial charge in [-0.3, -0.25) is 0 Å². The van der Waals surface area contributed by atoms with E-state index < -0.39 is 0 Å². The third-order valence-electron chi connectivity index (χ3n) is 4.90. The number of hydrogen-bond donors (Lipinski definition) is 0. The van der Waals surface area contributed by atoms with Crippen LogP contribution in [0.5, 0.6) is 5.75 Å². The summed E-state index contributed by atoms with van der Waals surface area (Å²) in [4.78, 5) is 5.01. The minimum atomic E-state index is 0.190. The highest BCUT2D eigenvalue weighted by Crippen LogP contribution is 2.29. The van der Waals surface area contributed by atoms with Crippen LogP contribution < -0.4 is 4.74 Å². The fourth-order valence-electron chi connectivity index (χ4n) is 3.16. The molecule has 1 saturated heterocycles. The first kappa shape index (κ1) is 19.3. The van der Waals surface area contributed by atoms with Crippen molar-refractivity contribution in [3.8, 4) is 5.75 Å². The molecule has 1 fully saturated rings. The van der Waals surface area contributed by atoms with Crippen molar-refractivity contribution in [3.63, 3.8) is 0 Å². The molecule has 3 heteroatoms. The van der Waals surface area contributed by atoms with Crippen molar-refractivity contribution in [1.29, 1.82) is 0 Å². The smallest absolute Gasteiger partial charge is 0.122 e. The first-order chi connectivity index (χ1) is 11.4. The molecule has 0 radical (unpaired) electrons. The molecule has 1 aliphatic heterocycles. The zero-order valence-electron chi connectivity index (χ0n) is 16.4. The van der Waals surface area contributed by atoms with Crippen LogP contribution in [0, 0.1) is 0 Å². The van der Waals surface area contributed by atoms with Gasteiger partial charge in [-0.05, 0) is 55.5 Å². The van der Waals surface area contributed by atoms with Crippen molar-refractivity contribution in [3.05, 3.63) is 29.3 Å². The van der Waals surface area contributed by atoms with Gasteiger partial charge in [0, 0.05) is 26.2 Å². The predicted octanol–water partition coefficient (Wildman–Crippen LogP) is 3.95. The largest absolute Gasteiger partial charge is 0.493 e. The zero-order chi connectivity index (χ0) is 17.6. The maximum absolute atomic E-state index is 5.99. The Morgan fingerprint density at radius 1 is 1.08 bits per heavy atom. The summed E-state index contributed by atoms with van der Waals surface area (Å²) in [5, 5.41) is 0.